The van der Waals surface area contributed by atoms with Crippen molar-refractivity contribution >= 4 is 21.1 Å². The van der Waals surface area contributed by atoms with Crippen molar-refractivity contribution in [1.82, 2.24) is 0 Å². The molecule has 1 aromatic carbocycles. The van der Waals surface area contributed by atoms with Gasteiger partial charge in [-0.3, -0.25) is 4.55 Å². The van der Waals surface area contributed by atoms with E-state index in [1.807, 2.05) is 0 Å². The van der Waals surface area contributed by atoms with E-state index in [1.54, 1.807) is 0 Å². The van der Waals surface area contributed by atoms with Gasteiger partial charge in [0, 0.05) is 11.5 Å². The van der Waals surface area contributed by atoms with Gasteiger partial charge in [-0.15, -0.1) is 0 Å². The van der Waals surface area contributed by atoms with Crippen LogP contribution in [0.15, 0.2) is 32.3 Å². The summed E-state index contributed by atoms with van der Waals surface area (Å²) >= 11 is 0. The number of fused-ring (bicyclic) bond motifs is 1. The summed E-state index contributed by atoms with van der Waals surface area (Å²) in [4.78, 5) is 10.2. The predicted octanol–water partition coefficient (Wildman–Crippen LogP) is 0.754. The van der Waals surface area contributed by atoms with Crippen LogP contribution in [0.4, 0.5) is 0 Å². The van der Waals surface area contributed by atoms with E-state index in [-0.39, 0.29) is 11.1 Å². The predicted molar refractivity (Wildman–Crippen MR) is 60.5 cm³/mol. The molecule has 0 aliphatic rings. The fourth-order valence-electron chi connectivity index (χ4n) is 1.54. The molecule has 0 radical (unpaired) electrons. The highest BCUT2D eigenvalue weighted by Crippen LogP contribution is 2.38. The molecule has 1 heterocycles. The fraction of sp³-hybridized carbons (Fsp3) is 0.100. The number of benzene rings is 1. The van der Waals surface area contributed by atoms with Crippen molar-refractivity contribution in [1.29, 1.82) is 0 Å². The first-order chi connectivity index (χ1) is 8.34. The molecule has 0 spiro atoms. The van der Waals surface area contributed by atoms with Gasteiger partial charge in [0.1, 0.15) is 0 Å². The van der Waals surface area contributed by atoms with Crippen molar-refractivity contribution in [2.45, 2.75) is 4.90 Å². The summed E-state index contributed by atoms with van der Waals surface area (Å²) in [6.07, 6.45) is 0. The largest absolute Gasteiger partial charge is 0.503 e. The molecule has 18 heavy (non-hydrogen) atoms. The maximum Gasteiger partial charge on any atom is 0.336 e. The first-order valence-corrected chi connectivity index (χ1v) is 6.10. The number of rotatable bonds is 2. The van der Waals surface area contributed by atoms with Crippen molar-refractivity contribution < 1.29 is 27.2 Å². The highest BCUT2D eigenvalue weighted by Gasteiger charge is 2.25. The number of methoxy groups -OCH3 is 1. The third-order valence-electron chi connectivity index (χ3n) is 2.28. The average Bonchev–Trinajstić information content (AvgIpc) is 2.26. The third kappa shape index (κ3) is 1.91. The van der Waals surface area contributed by atoms with Crippen LogP contribution >= 0.6 is 0 Å². The van der Waals surface area contributed by atoms with Crippen molar-refractivity contribution in [3.63, 3.8) is 0 Å². The Labute approximate surface area is 101 Å². The topological polar surface area (TPSA) is 114 Å². The van der Waals surface area contributed by atoms with Crippen molar-refractivity contribution in [3.8, 4) is 11.5 Å². The second-order valence-electron chi connectivity index (χ2n) is 3.40. The minimum Gasteiger partial charge on any atom is -0.503 e. The van der Waals surface area contributed by atoms with E-state index in [1.165, 1.54) is 19.2 Å². The molecule has 0 aliphatic heterocycles. The molecule has 7 nitrogen and oxygen atoms in total. The lowest BCUT2D eigenvalue weighted by Gasteiger charge is -2.09. The van der Waals surface area contributed by atoms with Crippen LogP contribution in [0, 0.1) is 0 Å². The Bertz CT molecular complexity index is 773. The molecular weight excluding hydrogens is 264 g/mol. The molecule has 0 saturated heterocycles. The molecule has 1 aromatic heterocycles. The molecular formula is C10H8O7S. The van der Waals surface area contributed by atoms with Gasteiger partial charge in [-0.25, -0.2) is 4.79 Å². The van der Waals surface area contributed by atoms with Gasteiger partial charge in [-0.2, -0.15) is 8.42 Å². The maximum atomic E-state index is 11.2. The van der Waals surface area contributed by atoms with E-state index in [2.05, 4.69) is 4.42 Å². The van der Waals surface area contributed by atoms with E-state index >= 15 is 0 Å². The number of phenols is 1. The van der Waals surface area contributed by atoms with E-state index in [9.17, 15) is 18.3 Å². The zero-order valence-electron chi connectivity index (χ0n) is 9.08. The van der Waals surface area contributed by atoms with E-state index in [0.29, 0.717) is 0 Å². The van der Waals surface area contributed by atoms with Gasteiger partial charge in [-0.05, 0) is 12.1 Å². The Morgan fingerprint density at radius 2 is 2.00 bits per heavy atom. The number of hydrogen-bond donors (Lipinski definition) is 2. The molecule has 2 N–H and O–H groups in total. The molecule has 0 amide bonds. The lowest BCUT2D eigenvalue weighted by Crippen LogP contribution is -2.04. The molecule has 0 saturated carbocycles. The highest BCUT2D eigenvalue weighted by atomic mass is 32.2. The quantitative estimate of drug-likeness (QED) is 0.612. The van der Waals surface area contributed by atoms with Gasteiger partial charge in [0.15, 0.2) is 22.0 Å². The van der Waals surface area contributed by atoms with Crippen LogP contribution in [-0.4, -0.2) is 25.2 Å². The second-order valence-corrected chi connectivity index (χ2v) is 4.76. The summed E-state index contributed by atoms with van der Waals surface area (Å²) in [5, 5.41) is 9.88. The lowest BCUT2D eigenvalue weighted by molar-refractivity contribution is 0.363. The number of phenolic OH excluding ortho intramolecular Hbond substituents is 1. The lowest BCUT2D eigenvalue weighted by atomic mass is 10.2. The van der Waals surface area contributed by atoms with Crippen molar-refractivity contribution in [3.05, 3.63) is 28.6 Å². The molecule has 0 unspecified atom stereocenters. The molecule has 8 heteroatoms. The van der Waals surface area contributed by atoms with Crippen molar-refractivity contribution in [2.24, 2.45) is 0 Å². The molecule has 0 fully saturated rings. The SMILES string of the molecule is COc1cc2ccc(=O)oc2c(S(=O)(=O)O)c1O. The van der Waals surface area contributed by atoms with Crippen molar-refractivity contribution in [2.75, 3.05) is 7.11 Å². The second kappa shape index (κ2) is 4.00. The zero-order valence-corrected chi connectivity index (χ0v) is 9.89. The minimum absolute atomic E-state index is 0.163. The first-order valence-electron chi connectivity index (χ1n) is 4.66. The van der Waals surface area contributed by atoms with Crippen LogP contribution in [0.5, 0.6) is 11.5 Å². The zero-order chi connectivity index (χ0) is 13.5. The van der Waals surface area contributed by atoms with Crippen LogP contribution in [0.25, 0.3) is 11.0 Å². The average molecular weight is 272 g/mol. The Morgan fingerprint density at radius 3 is 2.56 bits per heavy atom. The van der Waals surface area contributed by atoms with Gasteiger partial charge in [0.2, 0.25) is 0 Å². The summed E-state index contributed by atoms with van der Waals surface area (Å²) in [5.41, 5.74) is -1.24. The van der Waals surface area contributed by atoms with Gasteiger partial charge >= 0.3 is 15.7 Å². The molecule has 2 rings (SSSR count). The Morgan fingerprint density at radius 1 is 1.33 bits per heavy atom. The third-order valence-corrected chi connectivity index (χ3v) is 3.18. The molecule has 96 valence electrons. The van der Waals surface area contributed by atoms with Crippen LogP contribution in [-0.2, 0) is 10.1 Å². The molecule has 2 aromatic rings. The number of aromatic hydroxyl groups is 1. The standard InChI is InChI=1S/C10H8O7S/c1-16-6-4-5-2-3-7(11)17-9(5)10(8(6)12)18(13,14)15/h2-4,12H,1H3,(H,13,14,15). The monoisotopic (exact) mass is 272 g/mol. The fourth-order valence-corrected chi connectivity index (χ4v) is 2.28. The summed E-state index contributed by atoms with van der Waals surface area (Å²) < 4.78 is 41.0. The summed E-state index contributed by atoms with van der Waals surface area (Å²) in [6.45, 7) is 0. The van der Waals surface area contributed by atoms with Crippen LogP contribution in [0.2, 0.25) is 0 Å². The van der Waals surface area contributed by atoms with E-state index < -0.39 is 32.0 Å². The van der Waals surface area contributed by atoms with Gasteiger partial charge in [-0.1, -0.05) is 0 Å². The maximum absolute atomic E-state index is 11.2. The number of ether oxygens (including phenoxy) is 1. The first kappa shape index (κ1) is 12.4. The Hall–Kier alpha value is -2.06. The number of hydrogen-bond acceptors (Lipinski definition) is 6. The summed E-state index contributed by atoms with van der Waals surface area (Å²) in [7, 11) is -3.56. The molecule has 0 atom stereocenters. The van der Waals surface area contributed by atoms with Gasteiger partial charge in [0.05, 0.1) is 7.11 Å². The Kier molecular flexibility index (Phi) is 2.76. The molecule has 0 bridgehead atoms. The minimum atomic E-state index is -4.77. The Balaban J connectivity index is 3.07. The summed E-state index contributed by atoms with van der Waals surface area (Å²) in [6, 6.07) is 3.65. The molecule has 0 aliphatic carbocycles. The van der Waals surface area contributed by atoms with Gasteiger partial charge in [0.25, 0.3) is 0 Å². The smallest absolute Gasteiger partial charge is 0.336 e. The highest BCUT2D eigenvalue weighted by molar-refractivity contribution is 7.86. The van der Waals surface area contributed by atoms with Gasteiger partial charge < -0.3 is 14.3 Å². The summed E-state index contributed by atoms with van der Waals surface area (Å²) in [5.74, 6) is -0.981. The van der Waals surface area contributed by atoms with Crippen LogP contribution in [0.3, 0.4) is 0 Å². The van der Waals surface area contributed by atoms with E-state index in [4.69, 9.17) is 9.29 Å². The van der Waals surface area contributed by atoms with Crippen LogP contribution < -0.4 is 10.4 Å². The van der Waals surface area contributed by atoms with E-state index in [0.717, 1.165) is 6.07 Å². The van der Waals surface area contributed by atoms with Crippen LogP contribution in [0.1, 0.15) is 0 Å². The normalized spacial score (nSPS) is 11.7.